The molecule has 0 rings (SSSR count). The van der Waals surface area contributed by atoms with Gasteiger partial charge < -0.3 is 15.1 Å². The quantitative estimate of drug-likeness (QED) is 0.529. The molecule has 0 aromatic heterocycles. The van der Waals surface area contributed by atoms with Crippen LogP contribution in [0.1, 0.15) is 39.0 Å². The van der Waals surface area contributed by atoms with Gasteiger partial charge in [-0.3, -0.25) is 0 Å². The van der Waals surface area contributed by atoms with E-state index in [2.05, 4.69) is 36.1 Å². The molecule has 1 N–H and O–H groups in total. The second-order valence-electron chi connectivity index (χ2n) is 5.16. The van der Waals surface area contributed by atoms with Crippen LogP contribution in [-0.2, 0) is 0 Å². The molecule has 0 aliphatic rings. The number of hydrogen-bond donors (Lipinski definition) is 1. The molecule has 0 saturated heterocycles. The summed E-state index contributed by atoms with van der Waals surface area (Å²) >= 11 is 0. The molecule has 0 atom stereocenters. The molecule has 0 heterocycles. The lowest BCUT2D eigenvalue weighted by atomic mass is 10.2. The van der Waals surface area contributed by atoms with Crippen LogP contribution in [0.15, 0.2) is 0 Å². The van der Waals surface area contributed by atoms with Crippen molar-refractivity contribution in [2.45, 2.75) is 39.0 Å². The zero-order chi connectivity index (χ0) is 12.9. The fraction of sp³-hybridized carbons (Fsp3) is 1.00. The molecular formula is C14H33N3. The van der Waals surface area contributed by atoms with Gasteiger partial charge in [0, 0.05) is 13.1 Å². The van der Waals surface area contributed by atoms with Gasteiger partial charge in [0.05, 0.1) is 0 Å². The van der Waals surface area contributed by atoms with Gasteiger partial charge in [0.25, 0.3) is 0 Å². The number of rotatable bonds is 12. The second-order valence-corrected chi connectivity index (χ2v) is 5.16. The maximum atomic E-state index is 3.20. The van der Waals surface area contributed by atoms with Gasteiger partial charge in [-0.05, 0) is 60.0 Å². The minimum atomic E-state index is 1.17. The van der Waals surface area contributed by atoms with Crippen LogP contribution in [0.5, 0.6) is 0 Å². The first-order valence-corrected chi connectivity index (χ1v) is 7.22. The van der Waals surface area contributed by atoms with Crippen molar-refractivity contribution in [3.63, 3.8) is 0 Å². The van der Waals surface area contributed by atoms with Crippen LogP contribution in [0.2, 0.25) is 0 Å². The molecule has 3 nitrogen and oxygen atoms in total. The van der Waals surface area contributed by atoms with E-state index in [1.54, 1.807) is 0 Å². The number of nitrogens with zero attached hydrogens (tertiary/aromatic N) is 2. The molecule has 0 aliphatic heterocycles. The van der Waals surface area contributed by atoms with Crippen molar-refractivity contribution in [2.75, 3.05) is 53.9 Å². The fourth-order valence-electron chi connectivity index (χ4n) is 1.98. The molecule has 0 aliphatic carbocycles. The SMILES string of the molecule is CCCN(CCCCCCNC)CCN(C)C. The smallest absolute Gasteiger partial charge is 0.0109 e. The molecule has 3 heteroatoms. The second kappa shape index (κ2) is 12.3. The molecule has 0 fully saturated rings. The van der Waals surface area contributed by atoms with Crippen molar-refractivity contribution in [3.05, 3.63) is 0 Å². The Balaban J connectivity index is 3.48. The highest BCUT2D eigenvalue weighted by Gasteiger charge is 2.03. The molecule has 0 saturated carbocycles. The predicted octanol–water partition coefficient (Wildman–Crippen LogP) is 2.04. The van der Waals surface area contributed by atoms with Gasteiger partial charge in [0.1, 0.15) is 0 Å². The van der Waals surface area contributed by atoms with E-state index < -0.39 is 0 Å². The summed E-state index contributed by atoms with van der Waals surface area (Å²) < 4.78 is 0. The molecule has 0 radical (unpaired) electrons. The third kappa shape index (κ3) is 12.1. The molecular weight excluding hydrogens is 210 g/mol. The molecule has 0 unspecified atom stereocenters. The molecule has 104 valence electrons. The van der Waals surface area contributed by atoms with E-state index in [4.69, 9.17) is 0 Å². The van der Waals surface area contributed by atoms with Crippen LogP contribution < -0.4 is 5.32 Å². The third-order valence-corrected chi connectivity index (χ3v) is 3.05. The summed E-state index contributed by atoms with van der Waals surface area (Å²) in [6.45, 7) is 8.37. The molecule has 0 bridgehead atoms. The molecule has 0 amide bonds. The largest absolute Gasteiger partial charge is 0.320 e. The van der Waals surface area contributed by atoms with Gasteiger partial charge in [-0.2, -0.15) is 0 Å². The normalized spacial score (nSPS) is 11.6. The minimum Gasteiger partial charge on any atom is -0.320 e. The lowest BCUT2D eigenvalue weighted by molar-refractivity contribution is 0.236. The molecule has 17 heavy (non-hydrogen) atoms. The van der Waals surface area contributed by atoms with E-state index in [0.717, 1.165) is 0 Å². The van der Waals surface area contributed by atoms with Gasteiger partial charge >= 0.3 is 0 Å². The summed E-state index contributed by atoms with van der Waals surface area (Å²) in [5.74, 6) is 0. The Kier molecular flexibility index (Phi) is 12.3. The topological polar surface area (TPSA) is 18.5 Å². The number of unbranched alkanes of at least 4 members (excludes halogenated alkanes) is 3. The summed E-state index contributed by atoms with van der Waals surface area (Å²) in [4.78, 5) is 4.88. The van der Waals surface area contributed by atoms with Crippen molar-refractivity contribution in [2.24, 2.45) is 0 Å². The maximum Gasteiger partial charge on any atom is 0.0109 e. The van der Waals surface area contributed by atoms with Crippen LogP contribution in [0.3, 0.4) is 0 Å². The van der Waals surface area contributed by atoms with Crippen molar-refractivity contribution < 1.29 is 0 Å². The van der Waals surface area contributed by atoms with Crippen molar-refractivity contribution in [1.29, 1.82) is 0 Å². The highest BCUT2D eigenvalue weighted by Crippen LogP contribution is 2.02. The van der Waals surface area contributed by atoms with Crippen LogP contribution in [0.25, 0.3) is 0 Å². The first kappa shape index (κ1) is 16.9. The van der Waals surface area contributed by atoms with Crippen LogP contribution in [0, 0.1) is 0 Å². The van der Waals surface area contributed by atoms with Gasteiger partial charge in [-0.25, -0.2) is 0 Å². The van der Waals surface area contributed by atoms with Crippen molar-refractivity contribution >= 4 is 0 Å². The Labute approximate surface area is 109 Å². The zero-order valence-electron chi connectivity index (χ0n) is 12.5. The summed E-state index contributed by atoms with van der Waals surface area (Å²) in [6, 6.07) is 0. The minimum absolute atomic E-state index is 1.17. The monoisotopic (exact) mass is 243 g/mol. The van der Waals surface area contributed by atoms with Crippen LogP contribution in [-0.4, -0.2) is 63.7 Å². The van der Waals surface area contributed by atoms with E-state index >= 15 is 0 Å². The van der Waals surface area contributed by atoms with Crippen molar-refractivity contribution in [1.82, 2.24) is 15.1 Å². The van der Waals surface area contributed by atoms with E-state index in [1.807, 2.05) is 7.05 Å². The number of nitrogens with one attached hydrogen (secondary N) is 1. The summed E-state index contributed by atoms with van der Waals surface area (Å²) in [7, 11) is 6.34. The Hall–Kier alpha value is -0.120. The lowest BCUT2D eigenvalue weighted by Gasteiger charge is -2.23. The average molecular weight is 243 g/mol. The van der Waals surface area contributed by atoms with E-state index in [1.165, 1.54) is 64.8 Å². The molecule has 0 aromatic carbocycles. The van der Waals surface area contributed by atoms with Crippen molar-refractivity contribution in [3.8, 4) is 0 Å². The fourth-order valence-corrected chi connectivity index (χ4v) is 1.98. The lowest BCUT2D eigenvalue weighted by Crippen LogP contribution is -2.33. The standard InChI is InChI=1S/C14H33N3/c1-5-11-17(14-13-16(3)4)12-9-7-6-8-10-15-2/h15H,5-14H2,1-4H3. The molecule has 0 spiro atoms. The number of likely N-dealkylation sites (N-methyl/N-ethyl adjacent to an activating group) is 1. The summed E-state index contributed by atoms with van der Waals surface area (Å²) in [5.41, 5.74) is 0. The highest BCUT2D eigenvalue weighted by atomic mass is 15.2. The van der Waals surface area contributed by atoms with Crippen LogP contribution in [0.4, 0.5) is 0 Å². The Morgan fingerprint density at radius 3 is 2.12 bits per heavy atom. The summed E-state index contributed by atoms with van der Waals surface area (Å²) in [6.07, 6.45) is 6.70. The third-order valence-electron chi connectivity index (χ3n) is 3.05. The van der Waals surface area contributed by atoms with E-state index in [-0.39, 0.29) is 0 Å². The number of hydrogen-bond acceptors (Lipinski definition) is 3. The maximum absolute atomic E-state index is 3.20. The predicted molar refractivity (Wildman–Crippen MR) is 77.7 cm³/mol. The van der Waals surface area contributed by atoms with Gasteiger partial charge in [-0.1, -0.05) is 19.8 Å². The zero-order valence-corrected chi connectivity index (χ0v) is 12.5. The van der Waals surface area contributed by atoms with E-state index in [0.29, 0.717) is 0 Å². The van der Waals surface area contributed by atoms with E-state index in [9.17, 15) is 0 Å². The summed E-state index contributed by atoms with van der Waals surface area (Å²) in [5, 5.41) is 3.20. The molecule has 0 aromatic rings. The van der Waals surface area contributed by atoms with Crippen LogP contribution >= 0.6 is 0 Å². The Bertz CT molecular complexity index is 148. The highest BCUT2D eigenvalue weighted by molar-refractivity contribution is 4.59. The first-order valence-electron chi connectivity index (χ1n) is 7.22. The average Bonchev–Trinajstić information content (AvgIpc) is 2.30. The first-order chi connectivity index (χ1) is 8.20. The van der Waals surface area contributed by atoms with Gasteiger partial charge in [0.15, 0.2) is 0 Å². The Morgan fingerprint density at radius 1 is 0.824 bits per heavy atom. The Morgan fingerprint density at radius 2 is 1.53 bits per heavy atom. The van der Waals surface area contributed by atoms with Gasteiger partial charge in [0.2, 0.25) is 0 Å². The van der Waals surface area contributed by atoms with Gasteiger partial charge in [-0.15, -0.1) is 0 Å².